The average Bonchev–Trinajstić information content (AvgIpc) is 2.72. The fourth-order valence-corrected chi connectivity index (χ4v) is 2.97. The molecule has 3 aromatic rings. The minimum atomic E-state index is -0.406. The fourth-order valence-electron chi connectivity index (χ4n) is 2.97. The lowest BCUT2D eigenvalue weighted by Gasteiger charge is -2.18. The van der Waals surface area contributed by atoms with E-state index in [-0.39, 0.29) is 24.2 Å². The van der Waals surface area contributed by atoms with Crippen LogP contribution in [-0.4, -0.2) is 19.1 Å². The van der Waals surface area contributed by atoms with Crippen molar-refractivity contribution in [3.8, 4) is 5.75 Å². The summed E-state index contributed by atoms with van der Waals surface area (Å²) < 4.78 is 18.9. The number of nitrogens with one attached hydrogen (secondary N) is 1. The molecule has 0 radical (unpaired) electrons. The molecular weight excluding hydrogens is 341 g/mol. The first-order valence-electron chi connectivity index (χ1n) is 8.98. The fraction of sp³-hybridized carbons (Fsp3) is 0.174. The summed E-state index contributed by atoms with van der Waals surface area (Å²) >= 11 is 0. The molecule has 3 rings (SSSR count). The van der Waals surface area contributed by atoms with Gasteiger partial charge in [0.1, 0.15) is 6.61 Å². The molecule has 0 heterocycles. The van der Waals surface area contributed by atoms with Crippen LogP contribution in [0.2, 0.25) is 0 Å². The van der Waals surface area contributed by atoms with Crippen LogP contribution in [0.5, 0.6) is 5.75 Å². The normalized spacial score (nSPS) is 10.6. The van der Waals surface area contributed by atoms with Crippen molar-refractivity contribution in [1.29, 1.82) is 0 Å². The number of carbonyl (C=O) groups is 1. The van der Waals surface area contributed by atoms with E-state index in [1.54, 1.807) is 18.2 Å². The van der Waals surface area contributed by atoms with Crippen molar-refractivity contribution >= 4 is 5.91 Å². The molecular formula is C23H22FNO2. The largest absolute Gasteiger partial charge is 0.489 e. The highest BCUT2D eigenvalue weighted by atomic mass is 19.1. The van der Waals surface area contributed by atoms with Crippen LogP contribution in [-0.2, 0) is 4.79 Å². The van der Waals surface area contributed by atoms with E-state index in [9.17, 15) is 9.18 Å². The topological polar surface area (TPSA) is 38.3 Å². The van der Waals surface area contributed by atoms with Gasteiger partial charge in [-0.15, -0.1) is 0 Å². The van der Waals surface area contributed by atoms with Crippen LogP contribution in [0, 0.1) is 5.82 Å². The minimum Gasteiger partial charge on any atom is -0.489 e. The second kappa shape index (κ2) is 9.53. The van der Waals surface area contributed by atoms with E-state index in [2.05, 4.69) is 5.32 Å². The Bertz CT molecular complexity index is 813. The number of para-hydroxylation sites is 1. The molecule has 0 unspecified atom stereocenters. The first-order valence-corrected chi connectivity index (χ1v) is 8.98. The van der Waals surface area contributed by atoms with Gasteiger partial charge in [-0.05, 0) is 23.3 Å². The third kappa shape index (κ3) is 5.42. The van der Waals surface area contributed by atoms with Gasteiger partial charge in [0.05, 0.1) is 6.54 Å². The van der Waals surface area contributed by atoms with Gasteiger partial charge in [0, 0.05) is 12.3 Å². The molecule has 3 nitrogen and oxygen atoms in total. The molecule has 4 heteroatoms. The molecule has 0 aliphatic rings. The Morgan fingerprint density at radius 2 is 1.41 bits per heavy atom. The summed E-state index contributed by atoms with van der Waals surface area (Å²) in [6.45, 7) is 0.539. The van der Waals surface area contributed by atoms with Crippen molar-refractivity contribution in [3.63, 3.8) is 0 Å². The monoisotopic (exact) mass is 363 g/mol. The molecule has 1 amide bonds. The molecule has 0 atom stereocenters. The first kappa shape index (κ1) is 18.6. The van der Waals surface area contributed by atoms with E-state index >= 15 is 0 Å². The zero-order valence-electron chi connectivity index (χ0n) is 15.0. The Balaban J connectivity index is 1.56. The van der Waals surface area contributed by atoms with Crippen LogP contribution in [0.25, 0.3) is 0 Å². The molecule has 0 saturated carbocycles. The number of hydrogen-bond acceptors (Lipinski definition) is 2. The van der Waals surface area contributed by atoms with Crippen molar-refractivity contribution < 1.29 is 13.9 Å². The van der Waals surface area contributed by atoms with Gasteiger partial charge in [-0.25, -0.2) is 4.39 Å². The lowest BCUT2D eigenvalue weighted by atomic mass is 9.88. The predicted octanol–water partition coefficient (Wildman–Crippen LogP) is 4.54. The highest BCUT2D eigenvalue weighted by Gasteiger charge is 2.17. The van der Waals surface area contributed by atoms with Crippen LogP contribution < -0.4 is 10.1 Å². The number of ether oxygens (including phenoxy) is 1. The van der Waals surface area contributed by atoms with Crippen LogP contribution in [0.15, 0.2) is 84.9 Å². The number of benzene rings is 3. The van der Waals surface area contributed by atoms with Crippen molar-refractivity contribution in [3.05, 3.63) is 102 Å². The van der Waals surface area contributed by atoms with Crippen molar-refractivity contribution in [2.45, 2.75) is 12.3 Å². The van der Waals surface area contributed by atoms with Gasteiger partial charge in [-0.3, -0.25) is 4.79 Å². The molecule has 0 saturated heterocycles. The first-order chi connectivity index (χ1) is 13.2. The molecule has 138 valence electrons. The van der Waals surface area contributed by atoms with Gasteiger partial charge in [0.25, 0.3) is 0 Å². The lowest BCUT2D eigenvalue weighted by Crippen LogP contribution is -2.29. The van der Waals surface area contributed by atoms with E-state index in [0.29, 0.717) is 13.0 Å². The Morgan fingerprint density at radius 3 is 2.00 bits per heavy atom. The third-order valence-electron chi connectivity index (χ3n) is 4.31. The summed E-state index contributed by atoms with van der Waals surface area (Å²) in [6, 6.07) is 26.2. The number of rotatable bonds is 8. The van der Waals surface area contributed by atoms with Crippen LogP contribution in [0.4, 0.5) is 4.39 Å². The summed E-state index contributed by atoms with van der Waals surface area (Å²) in [6.07, 6.45) is 0.341. The van der Waals surface area contributed by atoms with E-state index in [1.165, 1.54) is 6.07 Å². The number of carbonyl (C=O) groups excluding carboxylic acids is 1. The average molecular weight is 363 g/mol. The van der Waals surface area contributed by atoms with E-state index < -0.39 is 5.82 Å². The summed E-state index contributed by atoms with van der Waals surface area (Å²) in [7, 11) is 0. The molecule has 3 aromatic carbocycles. The number of halogens is 1. The van der Waals surface area contributed by atoms with Crippen molar-refractivity contribution in [2.75, 3.05) is 13.2 Å². The Kier molecular flexibility index (Phi) is 6.58. The molecule has 27 heavy (non-hydrogen) atoms. The van der Waals surface area contributed by atoms with Gasteiger partial charge in [0.15, 0.2) is 11.6 Å². The van der Waals surface area contributed by atoms with Gasteiger partial charge in [-0.1, -0.05) is 72.8 Å². The highest BCUT2D eigenvalue weighted by Crippen LogP contribution is 2.27. The van der Waals surface area contributed by atoms with Gasteiger partial charge in [-0.2, -0.15) is 0 Å². The Hall–Kier alpha value is -3.14. The summed E-state index contributed by atoms with van der Waals surface area (Å²) in [5.74, 6) is -0.292. The maximum absolute atomic E-state index is 13.5. The molecule has 0 aliphatic carbocycles. The Labute approximate surface area is 158 Å². The quantitative estimate of drug-likeness (QED) is 0.597. The molecule has 0 fully saturated rings. The third-order valence-corrected chi connectivity index (χ3v) is 4.31. The number of amides is 1. The van der Waals surface area contributed by atoms with Gasteiger partial charge >= 0.3 is 0 Å². The second-order valence-electron chi connectivity index (χ2n) is 6.21. The second-order valence-corrected chi connectivity index (χ2v) is 6.21. The molecule has 0 bridgehead atoms. The van der Waals surface area contributed by atoms with Crippen LogP contribution >= 0.6 is 0 Å². The zero-order valence-corrected chi connectivity index (χ0v) is 15.0. The molecule has 0 aromatic heterocycles. The smallest absolute Gasteiger partial charge is 0.221 e. The minimum absolute atomic E-state index is 0.0140. The lowest BCUT2D eigenvalue weighted by molar-refractivity contribution is -0.121. The van der Waals surface area contributed by atoms with Crippen molar-refractivity contribution in [1.82, 2.24) is 5.32 Å². The van der Waals surface area contributed by atoms with Gasteiger partial charge < -0.3 is 10.1 Å². The van der Waals surface area contributed by atoms with E-state index in [0.717, 1.165) is 11.1 Å². The summed E-state index contributed by atoms with van der Waals surface area (Å²) in [5.41, 5.74) is 2.20. The molecule has 0 spiro atoms. The molecule has 0 aliphatic heterocycles. The molecule has 1 N–H and O–H groups in total. The summed E-state index contributed by atoms with van der Waals surface area (Å²) in [4.78, 5) is 12.4. The maximum Gasteiger partial charge on any atom is 0.221 e. The van der Waals surface area contributed by atoms with Crippen molar-refractivity contribution in [2.24, 2.45) is 0 Å². The zero-order chi connectivity index (χ0) is 18.9. The highest BCUT2D eigenvalue weighted by molar-refractivity contribution is 5.77. The summed E-state index contributed by atoms with van der Waals surface area (Å²) in [5, 5.41) is 2.86. The van der Waals surface area contributed by atoms with E-state index in [1.807, 2.05) is 60.7 Å². The predicted molar refractivity (Wildman–Crippen MR) is 104 cm³/mol. The Morgan fingerprint density at radius 1 is 0.852 bits per heavy atom. The van der Waals surface area contributed by atoms with Crippen LogP contribution in [0.1, 0.15) is 23.5 Å². The SMILES string of the molecule is O=C(CC(c1ccccc1)c1ccccc1)NCCOc1ccccc1F. The standard InChI is InChI=1S/C23H22FNO2/c24-21-13-7-8-14-22(21)27-16-15-25-23(26)17-20(18-9-3-1-4-10-18)19-11-5-2-6-12-19/h1-14,20H,15-17H2,(H,25,26). The van der Waals surface area contributed by atoms with Crippen LogP contribution in [0.3, 0.4) is 0 Å². The maximum atomic E-state index is 13.5. The van der Waals surface area contributed by atoms with Gasteiger partial charge in [0.2, 0.25) is 5.91 Å². The number of hydrogen-bond donors (Lipinski definition) is 1. The van der Waals surface area contributed by atoms with E-state index in [4.69, 9.17) is 4.74 Å².